The molecule has 0 fully saturated rings. The monoisotopic (exact) mass is 407 g/mol. The van der Waals surface area contributed by atoms with Crippen LogP contribution in [-0.2, 0) is 6.42 Å². The lowest BCUT2D eigenvalue weighted by molar-refractivity contribution is 0.0693. The lowest BCUT2D eigenvalue weighted by Crippen LogP contribution is -2.24. The average Bonchev–Trinajstić information content (AvgIpc) is 3.08. The van der Waals surface area contributed by atoms with Crippen molar-refractivity contribution in [3.63, 3.8) is 0 Å². The van der Waals surface area contributed by atoms with Crippen LogP contribution in [0.3, 0.4) is 0 Å². The molecule has 29 heavy (non-hydrogen) atoms. The maximum atomic E-state index is 12.5. The van der Waals surface area contributed by atoms with Gasteiger partial charge in [-0.05, 0) is 36.8 Å². The van der Waals surface area contributed by atoms with Gasteiger partial charge in [0.15, 0.2) is 16.9 Å². The summed E-state index contributed by atoms with van der Waals surface area (Å²) in [6.07, 6.45) is 0.400. The number of carboxylic acid groups (broad SMARTS) is 1. The zero-order valence-corrected chi connectivity index (χ0v) is 16.4. The highest BCUT2D eigenvalue weighted by Crippen LogP contribution is 2.46. The Morgan fingerprint density at radius 1 is 1.14 bits per heavy atom. The van der Waals surface area contributed by atoms with Gasteiger partial charge in [-0.1, -0.05) is 18.2 Å². The molecule has 0 radical (unpaired) electrons. The summed E-state index contributed by atoms with van der Waals surface area (Å²) < 4.78 is 12.8. The summed E-state index contributed by atoms with van der Waals surface area (Å²) in [7, 11) is 0. The first-order valence-corrected chi connectivity index (χ1v) is 10.1. The van der Waals surface area contributed by atoms with Crippen molar-refractivity contribution in [3.8, 4) is 17.2 Å². The summed E-state index contributed by atoms with van der Waals surface area (Å²) in [5.41, 5.74) is 2.48. The number of aromatic nitrogens is 1. The summed E-state index contributed by atoms with van der Waals surface area (Å²) in [5.74, 6) is 0.180. The van der Waals surface area contributed by atoms with Crippen LogP contribution in [0.15, 0.2) is 58.2 Å². The fraction of sp³-hybridized carbons (Fsp3) is 0.182. The van der Waals surface area contributed by atoms with E-state index in [1.807, 2.05) is 54.0 Å². The van der Waals surface area contributed by atoms with Crippen LogP contribution in [0, 0.1) is 6.92 Å². The third-order valence-electron chi connectivity index (χ3n) is 5.23. The number of ether oxygens (including phenoxy) is 2. The van der Waals surface area contributed by atoms with Crippen LogP contribution in [-0.4, -0.2) is 22.4 Å². The number of hydrogen-bond donors (Lipinski definition) is 1. The van der Waals surface area contributed by atoms with Gasteiger partial charge in [0.25, 0.3) is 0 Å². The molecule has 0 amide bonds. The Morgan fingerprint density at radius 3 is 2.76 bits per heavy atom. The summed E-state index contributed by atoms with van der Waals surface area (Å²) in [4.78, 5) is 25.5. The van der Waals surface area contributed by atoms with Crippen LogP contribution in [0.5, 0.6) is 11.5 Å². The van der Waals surface area contributed by atoms with Gasteiger partial charge in [-0.3, -0.25) is 4.79 Å². The first kappa shape index (κ1) is 17.9. The van der Waals surface area contributed by atoms with Crippen molar-refractivity contribution < 1.29 is 19.4 Å². The average molecular weight is 407 g/mol. The molecule has 1 aromatic heterocycles. The molecule has 1 atom stereocenters. The molecular formula is C22H17NO5S. The van der Waals surface area contributed by atoms with E-state index in [2.05, 4.69) is 0 Å². The molecule has 0 spiro atoms. The van der Waals surface area contributed by atoms with Gasteiger partial charge in [0.1, 0.15) is 5.56 Å². The van der Waals surface area contributed by atoms with Gasteiger partial charge in [0.05, 0.1) is 5.69 Å². The fourth-order valence-corrected chi connectivity index (χ4v) is 5.23. The fourth-order valence-electron chi connectivity index (χ4n) is 3.96. The van der Waals surface area contributed by atoms with Crippen LogP contribution in [0.2, 0.25) is 0 Å². The molecule has 0 aliphatic carbocycles. The van der Waals surface area contributed by atoms with E-state index in [-0.39, 0.29) is 17.6 Å². The van der Waals surface area contributed by atoms with Gasteiger partial charge in [-0.15, -0.1) is 11.8 Å². The Bertz CT molecular complexity index is 1220. The molecule has 2 aromatic carbocycles. The van der Waals surface area contributed by atoms with Crippen LogP contribution in [0.1, 0.15) is 32.6 Å². The van der Waals surface area contributed by atoms with Gasteiger partial charge in [0, 0.05) is 34.0 Å². The number of para-hydroxylation sites is 1. The number of carboxylic acids is 1. The molecule has 0 saturated carbocycles. The predicted octanol–water partition coefficient (Wildman–Crippen LogP) is 3.96. The molecule has 146 valence electrons. The Balaban J connectivity index is 1.75. The van der Waals surface area contributed by atoms with E-state index in [1.54, 1.807) is 11.8 Å². The quantitative estimate of drug-likeness (QED) is 0.693. The number of nitrogens with zero attached hydrogens (tertiary/aromatic N) is 1. The largest absolute Gasteiger partial charge is 0.477 e. The van der Waals surface area contributed by atoms with E-state index in [9.17, 15) is 14.7 Å². The Morgan fingerprint density at radius 2 is 1.93 bits per heavy atom. The summed E-state index contributed by atoms with van der Waals surface area (Å²) in [5, 5.41) is 9.69. The van der Waals surface area contributed by atoms with Crippen LogP contribution >= 0.6 is 11.8 Å². The smallest absolute Gasteiger partial charge is 0.341 e. The number of rotatable bonds is 2. The van der Waals surface area contributed by atoms with E-state index in [0.717, 1.165) is 21.8 Å². The van der Waals surface area contributed by atoms with E-state index in [4.69, 9.17) is 9.47 Å². The third kappa shape index (κ3) is 2.89. The van der Waals surface area contributed by atoms with Crippen molar-refractivity contribution in [1.29, 1.82) is 0 Å². The lowest BCUT2D eigenvalue weighted by Gasteiger charge is -2.19. The summed E-state index contributed by atoms with van der Waals surface area (Å²) in [6.45, 7) is 2.03. The number of benzene rings is 2. The number of thioether (sulfide) groups is 1. The Hall–Kier alpha value is -3.19. The summed E-state index contributed by atoms with van der Waals surface area (Å²) in [6, 6.07) is 15.0. The second-order valence-electron chi connectivity index (χ2n) is 7.00. The highest BCUT2D eigenvalue weighted by molar-refractivity contribution is 7.99. The molecule has 3 heterocycles. The third-order valence-corrected chi connectivity index (χ3v) is 6.56. The number of pyridine rings is 1. The SMILES string of the molecule is Cc1cc(=O)c(C(=O)O)c2n1-c1ccccc1SC(c1ccc3c(c1)OCO3)C2. The van der Waals surface area contributed by atoms with Crippen LogP contribution in [0.4, 0.5) is 0 Å². The normalized spacial score (nSPS) is 16.7. The zero-order valence-electron chi connectivity index (χ0n) is 15.5. The van der Waals surface area contributed by atoms with E-state index < -0.39 is 11.4 Å². The van der Waals surface area contributed by atoms with Gasteiger partial charge < -0.3 is 19.1 Å². The first-order valence-electron chi connectivity index (χ1n) is 9.17. The molecule has 5 rings (SSSR count). The maximum Gasteiger partial charge on any atom is 0.341 e. The molecule has 0 bridgehead atoms. The van der Waals surface area contributed by atoms with Gasteiger partial charge >= 0.3 is 5.97 Å². The molecule has 1 N–H and O–H groups in total. The number of aryl methyl sites for hydroxylation is 1. The zero-order chi connectivity index (χ0) is 20.1. The highest BCUT2D eigenvalue weighted by Gasteiger charge is 2.29. The topological polar surface area (TPSA) is 77.8 Å². The van der Waals surface area contributed by atoms with Gasteiger partial charge in [-0.2, -0.15) is 0 Å². The molecule has 1 unspecified atom stereocenters. The summed E-state index contributed by atoms with van der Waals surface area (Å²) >= 11 is 1.66. The molecule has 2 aliphatic heterocycles. The Kier molecular flexibility index (Phi) is 4.13. The molecular weight excluding hydrogens is 390 g/mol. The van der Waals surface area contributed by atoms with Crippen molar-refractivity contribution in [3.05, 3.63) is 81.3 Å². The minimum Gasteiger partial charge on any atom is -0.477 e. The predicted molar refractivity (Wildman–Crippen MR) is 109 cm³/mol. The lowest BCUT2D eigenvalue weighted by atomic mass is 10.0. The van der Waals surface area contributed by atoms with Crippen molar-refractivity contribution >= 4 is 17.7 Å². The van der Waals surface area contributed by atoms with Crippen molar-refractivity contribution in [1.82, 2.24) is 4.57 Å². The van der Waals surface area contributed by atoms with Crippen molar-refractivity contribution in [2.24, 2.45) is 0 Å². The van der Waals surface area contributed by atoms with E-state index in [1.165, 1.54) is 6.07 Å². The minimum atomic E-state index is -1.20. The van der Waals surface area contributed by atoms with Gasteiger partial charge in [-0.25, -0.2) is 4.79 Å². The second kappa shape index (κ2) is 6.70. The number of hydrogen-bond acceptors (Lipinski definition) is 5. The number of aromatic carboxylic acids is 1. The molecule has 6 nitrogen and oxygen atoms in total. The Labute approximate surface area is 170 Å². The molecule has 2 aliphatic rings. The number of fused-ring (bicyclic) bond motifs is 4. The minimum absolute atomic E-state index is 0.0845. The van der Waals surface area contributed by atoms with Crippen LogP contribution in [0.25, 0.3) is 5.69 Å². The van der Waals surface area contributed by atoms with Crippen molar-refractivity contribution in [2.75, 3.05) is 6.79 Å². The molecule has 3 aromatic rings. The van der Waals surface area contributed by atoms with Crippen molar-refractivity contribution in [2.45, 2.75) is 23.5 Å². The molecule has 7 heteroatoms. The van der Waals surface area contributed by atoms with Crippen LogP contribution < -0.4 is 14.9 Å². The first-order chi connectivity index (χ1) is 14.0. The van der Waals surface area contributed by atoms with E-state index in [0.29, 0.717) is 23.6 Å². The van der Waals surface area contributed by atoms with Gasteiger partial charge in [0.2, 0.25) is 6.79 Å². The molecule has 0 saturated heterocycles. The second-order valence-corrected chi connectivity index (χ2v) is 8.25. The standard InChI is InChI=1S/C22H17NO5S/c1-12-8-16(24)21(22(25)26)15-10-20(13-6-7-17-18(9-13)28-11-27-17)29-19-5-3-2-4-14(19)23(12)15/h2-9,20H,10-11H2,1H3,(H,25,26). The number of carbonyl (C=O) groups is 1. The maximum absolute atomic E-state index is 12.5. The van der Waals surface area contributed by atoms with E-state index >= 15 is 0 Å². The highest BCUT2D eigenvalue weighted by atomic mass is 32.2.